The molecule has 0 unspecified atom stereocenters. The Labute approximate surface area is 114 Å². The molecule has 1 amide bonds. The third-order valence-corrected chi connectivity index (χ3v) is 2.73. The fourth-order valence-electron chi connectivity index (χ4n) is 1.79. The molecule has 0 radical (unpaired) electrons. The van der Waals surface area contributed by atoms with Gasteiger partial charge < -0.3 is 5.32 Å². The Balaban J connectivity index is 1.67. The van der Waals surface area contributed by atoms with Gasteiger partial charge in [-0.1, -0.05) is 30.3 Å². The molecule has 7 nitrogen and oxygen atoms in total. The Hall–Kier alpha value is -2.96. The quantitative estimate of drug-likeness (QED) is 0.746. The number of nitrogens with one attached hydrogen (secondary N) is 2. The summed E-state index contributed by atoms with van der Waals surface area (Å²) < 4.78 is 1.76. The van der Waals surface area contributed by atoms with Crippen molar-refractivity contribution in [1.29, 1.82) is 0 Å². The molecular weight excluding hydrogens is 256 g/mol. The zero-order chi connectivity index (χ0) is 13.8. The molecule has 3 rings (SSSR count). The number of carbonyl (C=O) groups excluding carboxylic acids is 1. The number of amides is 1. The van der Waals surface area contributed by atoms with E-state index < -0.39 is 0 Å². The van der Waals surface area contributed by atoms with E-state index in [0.29, 0.717) is 12.2 Å². The molecule has 0 saturated heterocycles. The summed E-state index contributed by atoms with van der Waals surface area (Å²) >= 11 is 0. The van der Waals surface area contributed by atoms with Crippen molar-refractivity contribution >= 4 is 11.6 Å². The molecule has 0 bridgehead atoms. The van der Waals surface area contributed by atoms with Crippen LogP contribution in [0.5, 0.6) is 0 Å². The van der Waals surface area contributed by atoms with Crippen molar-refractivity contribution in [3.05, 3.63) is 60.2 Å². The number of H-pyrrole nitrogens is 1. The van der Waals surface area contributed by atoms with Crippen LogP contribution < -0.4 is 5.32 Å². The first-order chi connectivity index (χ1) is 9.81. The summed E-state index contributed by atoms with van der Waals surface area (Å²) in [6.07, 6.45) is 4.73. The number of benzene rings is 1. The normalized spacial score (nSPS) is 10.4. The second-order valence-electron chi connectivity index (χ2n) is 4.22. The summed E-state index contributed by atoms with van der Waals surface area (Å²) in [6, 6.07) is 9.97. The van der Waals surface area contributed by atoms with Crippen LogP contribution in [0.25, 0.3) is 0 Å². The molecule has 0 aliphatic rings. The van der Waals surface area contributed by atoms with Crippen molar-refractivity contribution in [3.8, 4) is 0 Å². The number of hydrogen-bond donors (Lipinski definition) is 2. The molecule has 0 aliphatic carbocycles. The predicted octanol–water partition coefficient (Wildman–Crippen LogP) is 1.30. The second-order valence-corrected chi connectivity index (χ2v) is 4.22. The number of carbonyl (C=O) groups is 1. The fourth-order valence-corrected chi connectivity index (χ4v) is 1.79. The lowest BCUT2D eigenvalue weighted by Crippen LogP contribution is -2.11. The Bertz CT molecular complexity index is 689. The van der Waals surface area contributed by atoms with Gasteiger partial charge in [0.25, 0.3) is 5.91 Å². The molecule has 20 heavy (non-hydrogen) atoms. The highest BCUT2D eigenvalue weighted by atomic mass is 16.2. The number of aromatic nitrogens is 5. The third-order valence-electron chi connectivity index (χ3n) is 2.73. The number of hydrogen-bond acceptors (Lipinski definition) is 4. The summed E-state index contributed by atoms with van der Waals surface area (Å²) in [4.78, 5) is 11.8. The highest BCUT2D eigenvalue weighted by molar-refractivity contribution is 6.02. The third kappa shape index (κ3) is 2.72. The molecule has 2 N–H and O–H groups in total. The molecule has 0 saturated carbocycles. The monoisotopic (exact) mass is 268 g/mol. The molecule has 0 fully saturated rings. The Morgan fingerprint density at radius 3 is 2.85 bits per heavy atom. The van der Waals surface area contributed by atoms with Crippen LogP contribution >= 0.6 is 0 Å². The van der Waals surface area contributed by atoms with Crippen LogP contribution in [0.1, 0.15) is 16.1 Å². The topological polar surface area (TPSA) is 88.5 Å². The first kappa shape index (κ1) is 12.1. The molecular formula is C13H12N6O. The molecule has 3 aromatic rings. The fraction of sp³-hybridized carbons (Fsp3) is 0.0769. The van der Waals surface area contributed by atoms with Crippen LogP contribution in [0.3, 0.4) is 0 Å². The van der Waals surface area contributed by atoms with Gasteiger partial charge in [-0.05, 0) is 5.56 Å². The van der Waals surface area contributed by atoms with E-state index in [1.54, 1.807) is 17.1 Å². The minimum Gasteiger partial charge on any atom is -0.318 e. The minimum atomic E-state index is -0.321. The van der Waals surface area contributed by atoms with E-state index in [2.05, 4.69) is 25.8 Å². The van der Waals surface area contributed by atoms with Gasteiger partial charge in [-0.2, -0.15) is 20.5 Å². The lowest BCUT2D eigenvalue weighted by atomic mass is 10.2. The Morgan fingerprint density at radius 1 is 1.25 bits per heavy atom. The molecule has 0 aliphatic heterocycles. The van der Waals surface area contributed by atoms with E-state index in [1.165, 1.54) is 6.20 Å². The highest BCUT2D eigenvalue weighted by Gasteiger charge is 2.09. The number of rotatable bonds is 4. The van der Waals surface area contributed by atoms with Crippen molar-refractivity contribution in [1.82, 2.24) is 25.2 Å². The summed E-state index contributed by atoms with van der Waals surface area (Å²) in [7, 11) is 0. The molecule has 0 atom stereocenters. The van der Waals surface area contributed by atoms with Crippen LogP contribution in [0, 0.1) is 0 Å². The predicted molar refractivity (Wildman–Crippen MR) is 72.1 cm³/mol. The van der Waals surface area contributed by atoms with Gasteiger partial charge in [0, 0.05) is 6.20 Å². The maximum Gasteiger partial charge on any atom is 0.277 e. The van der Waals surface area contributed by atoms with E-state index in [4.69, 9.17) is 0 Å². The van der Waals surface area contributed by atoms with Crippen LogP contribution in [0.4, 0.5) is 5.69 Å². The summed E-state index contributed by atoms with van der Waals surface area (Å²) in [5, 5.41) is 16.6. The largest absolute Gasteiger partial charge is 0.318 e. The first-order valence-electron chi connectivity index (χ1n) is 6.05. The smallest absolute Gasteiger partial charge is 0.277 e. The molecule has 7 heteroatoms. The number of anilines is 1. The van der Waals surface area contributed by atoms with Gasteiger partial charge >= 0.3 is 0 Å². The van der Waals surface area contributed by atoms with Crippen molar-refractivity contribution in [2.24, 2.45) is 0 Å². The van der Waals surface area contributed by atoms with Gasteiger partial charge in [-0.25, -0.2) is 0 Å². The van der Waals surface area contributed by atoms with Crippen LogP contribution in [0.2, 0.25) is 0 Å². The van der Waals surface area contributed by atoms with Crippen molar-refractivity contribution < 1.29 is 4.79 Å². The summed E-state index contributed by atoms with van der Waals surface area (Å²) in [6.45, 7) is 0.653. The Morgan fingerprint density at radius 2 is 2.10 bits per heavy atom. The zero-order valence-electron chi connectivity index (χ0n) is 10.5. The zero-order valence-corrected chi connectivity index (χ0v) is 10.5. The van der Waals surface area contributed by atoms with Gasteiger partial charge in [-0.3, -0.25) is 9.48 Å². The van der Waals surface area contributed by atoms with E-state index in [-0.39, 0.29) is 11.6 Å². The SMILES string of the molecule is O=C(Nc1cnn(Cc2ccccc2)c1)c1cn[nH]n1. The first-order valence-corrected chi connectivity index (χ1v) is 6.05. The van der Waals surface area contributed by atoms with Crippen LogP contribution in [-0.4, -0.2) is 31.1 Å². The van der Waals surface area contributed by atoms with Gasteiger partial charge in [-0.15, -0.1) is 0 Å². The van der Waals surface area contributed by atoms with Gasteiger partial charge in [0.15, 0.2) is 5.69 Å². The van der Waals surface area contributed by atoms with Crippen molar-refractivity contribution in [2.75, 3.05) is 5.32 Å². The maximum atomic E-state index is 11.8. The summed E-state index contributed by atoms with van der Waals surface area (Å²) in [5.41, 5.74) is 2.00. The molecule has 2 aromatic heterocycles. The molecule has 2 heterocycles. The highest BCUT2D eigenvalue weighted by Crippen LogP contribution is 2.09. The lowest BCUT2D eigenvalue weighted by molar-refractivity contribution is 0.102. The van der Waals surface area contributed by atoms with Gasteiger partial charge in [0.05, 0.1) is 24.6 Å². The molecule has 1 aromatic carbocycles. The Kier molecular flexibility index (Phi) is 3.24. The van der Waals surface area contributed by atoms with Crippen LogP contribution in [0.15, 0.2) is 48.9 Å². The summed E-state index contributed by atoms with van der Waals surface area (Å²) in [5.74, 6) is -0.321. The van der Waals surface area contributed by atoms with E-state index >= 15 is 0 Å². The van der Waals surface area contributed by atoms with Crippen LogP contribution in [-0.2, 0) is 6.54 Å². The average molecular weight is 268 g/mol. The van der Waals surface area contributed by atoms with Crippen molar-refractivity contribution in [2.45, 2.75) is 6.54 Å². The minimum absolute atomic E-state index is 0.237. The lowest BCUT2D eigenvalue weighted by Gasteiger charge is -2.01. The van der Waals surface area contributed by atoms with E-state index in [9.17, 15) is 4.79 Å². The molecule has 100 valence electrons. The second kappa shape index (κ2) is 5.35. The standard InChI is InChI=1S/C13H12N6O/c20-13(12-7-14-18-17-12)16-11-6-15-19(9-11)8-10-4-2-1-3-5-10/h1-7,9H,8H2,(H,16,20)(H,14,17,18). The van der Waals surface area contributed by atoms with E-state index in [1.807, 2.05) is 30.3 Å². The van der Waals surface area contributed by atoms with Crippen molar-refractivity contribution in [3.63, 3.8) is 0 Å². The maximum absolute atomic E-state index is 11.8. The molecule has 0 spiro atoms. The number of aromatic amines is 1. The van der Waals surface area contributed by atoms with E-state index in [0.717, 1.165) is 5.56 Å². The van der Waals surface area contributed by atoms with Gasteiger partial charge in [0.1, 0.15) is 0 Å². The number of nitrogens with zero attached hydrogens (tertiary/aromatic N) is 4. The average Bonchev–Trinajstić information content (AvgIpc) is 3.11. The van der Waals surface area contributed by atoms with Gasteiger partial charge in [0.2, 0.25) is 0 Å².